The van der Waals surface area contributed by atoms with Crippen molar-refractivity contribution in [1.29, 1.82) is 5.26 Å². The zero-order valence-corrected chi connectivity index (χ0v) is 19.8. The lowest BCUT2D eigenvalue weighted by Gasteiger charge is -2.40. The van der Waals surface area contributed by atoms with E-state index >= 15 is 0 Å². The van der Waals surface area contributed by atoms with Gasteiger partial charge in [0.25, 0.3) is 0 Å². The van der Waals surface area contributed by atoms with Crippen molar-refractivity contribution in [2.45, 2.75) is 38.2 Å². The van der Waals surface area contributed by atoms with Crippen molar-refractivity contribution in [2.75, 3.05) is 4.90 Å². The molecule has 1 heterocycles. The summed E-state index contributed by atoms with van der Waals surface area (Å²) in [6, 6.07) is 19.0. The number of anilines is 1. The number of nitriles is 1. The monoisotopic (exact) mass is 509 g/mol. The number of allylic oxidation sites excluding steroid dienone is 1. The summed E-state index contributed by atoms with van der Waals surface area (Å²) in [6.45, 7) is 1.45. The topological polar surface area (TPSA) is 76.4 Å². The molecule has 0 radical (unpaired) electrons. The Balaban J connectivity index is 1.76. The SMILES string of the molecule is CC1=C(C(=O)NCc2ccccc2F)C(c2ccc(C#N)cc2)CC(O)N1c1cccc(C(F)(F)F)c1. The van der Waals surface area contributed by atoms with Crippen LogP contribution in [0, 0.1) is 17.1 Å². The number of hydrogen-bond donors (Lipinski definition) is 2. The van der Waals surface area contributed by atoms with Crippen LogP contribution in [0.3, 0.4) is 0 Å². The molecule has 0 fully saturated rings. The van der Waals surface area contributed by atoms with E-state index in [4.69, 9.17) is 5.26 Å². The average Bonchev–Trinajstić information content (AvgIpc) is 2.87. The van der Waals surface area contributed by atoms with E-state index in [1.807, 2.05) is 6.07 Å². The van der Waals surface area contributed by atoms with Crippen molar-refractivity contribution >= 4 is 11.6 Å². The van der Waals surface area contributed by atoms with E-state index in [9.17, 15) is 27.5 Å². The van der Waals surface area contributed by atoms with Crippen LogP contribution in [0.4, 0.5) is 23.2 Å². The number of halogens is 4. The second kappa shape index (κ2) is 10.4. The summed E-state index contributed by atoms with van der Waals surface area (Å²) in [4.78, 5) is 14.8. The Labute approximate surface area is 211 Å². The highest BCUT2D eigenvalue weighted by Gasteiger charge is 2.38. The Hall–Kier alpha value is -4.16. The molecule has 1 aliphatic rings. The molecule has 5 nitrogen and oxygen atoms in total. The number of nitrogens with zero attached hydrogens (tertiary/aromatic N) is 2. The maximum Gasteiger partial charge on any atom is 0.416 e. The molecule has 37 heavy (non-hydrogen) atoms. The average molecular weight is 510 g/mol. The van der Waals surface area contributed by atoms with Gasteiger partial charge in [-0.3, -0.25) is 4.79 Å². The van der Waals surface area contributed by atoms with Crippen molar-refractivity contribution < 1.29 is 27.5 Å². The second-order valence-corrected chi connectivity index (χ2v) is 8.69. The van der Waals surface area contributed by atoms with Crippen molar-refractivity contribution in [3.8, 4) is 6.07 Å². The third-order valence-corrected chi connectivity index (χ3v) is 6.38. The Morgan fingerprint density at radius 2 is 1.81 bits per heavy atom. The van der Waals surface area contributed by atoms with Crippen LogP contribution < -0.4 is 10.2 Å². The molecule has 4 rings (SSSR count). The smallest absolute Gasteiger partial charge is 0.373 e. The molecule has 2 atom stereocenters. The normalized spacial score (nSPS) is 17.9. The molecule has 0 aliphatic carbocycles. The fourth-order valence-electron chi connectivity index (χ4n) is 4.57. The molecular weight excluding hydrogens is 486 g/mol. The zero-order chi connectivity index (χ0) is 26.7. The third kappa shape index (κ3) is 5.49. The van der Waals surface area contributed by atoms with Crippen molar-refractivity contribution in [3.05, 3.63) is 112 Å². The summed E-state index contributed by atoms with van der Waals surface area (Å²) in [5.74, 6) is -1.65. The van der Waals surface area contributed by atoms with Gasteiger partial charge < -0.3 is 15.3 Å². The van der Waals surface area contributed by atoms with Crippen LogP contribution in [-0.2, 0) is 17.5 Å². The first-order chi connectivity index (χ1) is 17.6. The number of hydrogen-bond acceptors (Lipinski definition) is 4. The summed E-state index contributed by atoms with van der Waals surface area (Å²) >= 11 is 0. The lowest BCUT2D eigenvalue weighted by molar-refractivity contribution is -0.137. The molecule has 3 aromatic rings. The van der Waals surface area contributed by atoms with Gasteiger partial charge in [-0.15, -0.1) is 0 Å². The quantitative estimate of drug-likeness (QED) is 0.438. The summed E-state index contributed by atoms with van der Waals surface area (Å²) in [5.41, 5.74) is 1.02. The van der Waals surface area contributed by atoms with Gasteiger partial charge in [0, 0.05) is 41.4 Å². The number of nitrogens with one attached hydrogen (secondary N) is 1. The molecule has 0 aromatic heterocycles. The first-order valence-electron chi connectivity index (χ1n) is 11.5. The number of alkyl halides is 3. The highest BCUT2D eigenvalue weighted by atomic mass is 19.4. The molecule has 2 unspecified atom stereocenters. The Morgan fingerprint density at radius 1 is 1.11 bits per heavy atom. The highest BCUT2D eigenvalue weighted by molar-refractivity contribution is 5.96. The number of carbonyl (C=O) groups excluding carboxylic acids is 1. The molecule has 190 valence electrons. The minimum Gasteiger partial charge on any atom is -0.373 e. The summed E-state index contributed by atoms with van der Waals surface area (Å²) < 4.78 is 54.2. The van der Waals surface area contributed by atoms with Gasteiger partial charge in [-0.1, -0.05) is 36.4 Å². The molecule has 0 bridgehead atoms. The van der Waals surface area contributed by atoms with Gasteiger partial charge in [-0.2, -0.15) is 18.4 Å². The van der Waals surface area contributed by atoms with Crippen LogP contribution in [0.5, 0.6) is 0 Å². The van der Waals surface area contributed by atoms with Crippen molar-refractivity contribution in [2.24, 2.45) is 0 Å². The first kappa shape index (κ1) is 25.9. The number of aliphatic hydroxyl groups excluding tert-OH is 1. The predicted molar refractivity (Wildman–Crippen MR) is 129 cm³/mol. The van der Waals surface area contributed by atoms with Crippen LogP contribution in [0.25, 0.3) is 0 Å². The highest BCUT2D eigenvalue weighted by Crippen LogP contribution is 2.41. The lowest BCUT2D eigenvalue weighted by Crippen LogP contribution is -2.43. The predicted octanol–water partition coefficient (Wildman–Crippen LogP) is 5.62. The van der Waals surface area contributed by atoms with Crippen molar-refractivity contribution in [1.82, 2.24) is 5.32 Å². The van der Waals surface area contributed by atoms with Gasteiger partial charge in [0.2, 0.25) is 5.91 Å². The summed E-state index contributed by atoms with van der Waals surface area (Å²) in [7, 11) is 0. The zero-order valence-electron chi connectivity index (χ0n) is 19.8. The number of aliphatic hydroxyl groups is 1. The van der Waals surface area contributed by atoms with E-state index in [1.165, 1.54) is 35.2 Å². The minimum absolute atomic E-state index is 0.00192. The standard InChI is InChI=1S/C28H23F4N3O2/c1-17-26(27(37)34-16-20-5-2-3-8-24(20)29)23(19-11-9-18(15-33)10-12-19)14-25(36)35(17)22-7-4-6-21(13-22)28(30,31)32/h2-13,23,25,36H,14,16H2,1H3,(H,34,37). The molecule has 2 N–H and O–H groups in total. The van der Waals surface area contributed by atoms with E-state index in [1.54, 1.807) is 37.3 Å². The number of amides is 1. The molecule has 1 aliphatic heterocycles. The first-order valence-corrected chi connectivity index (χ1v) is 11.5. The van der Waals surface area contributed by atoms with Crippen molar-refractivity contribution in [3.63, 3.8) is 0 Å². The van der Waals surface area contributed by atoms with Crippen LogP contribution in [0.2, 0.25) is 0 Å². The molecule has 0 saturated carbocycles. The Kier molecular flexibility index (Phi) is 7.32. The largest absolute Gasteiger partial charge is 0.416 e. The molecule has 9 heteroatoms. The number of carbonyl (C=O) groups is 1. The third-order valence-electron chi connectivity index (χ3n) is 6.38. The van der Waals surface area contributed by atoms with E-state index in [2.05, 4.69) is 5.32 Å². The van der Waals surface area contributed by atoms with E-state index in [0.717, 1.165) is 12.1 Å². The van der Waals surface area contributed by atoms with Gasteiger partial charge >= 0.3 is 6.18 Å². The molecule has 0 spiro atoms. The lowest BCUT2D eigenvalue weighted by atomic mass is 9.82. The second-order valence-electron chi connectivity index (χ2n) is 8.69. The van der Waals surface area contributed by atoms with Crippen LogP contribution in [0.15, 0.2) is 84.1 Å². The van der Waals surface area contributed by atoms with E-state index < -0.39 is 35.6 Å². The van der Waals surface area contributed by atoms with Gasteiger partial charge in [-0.05, 0) is 48.9 Å². The van der Waals surface area contributed by atoms with Gasteiger partial charge in [0.05, 0.1) is 17.2 Å². The maximum absolute atomic E-state index is 14.1. The van der Waals surface area contributed by atoms with Gasteiger partial charge in [0.15, 0.2) is 0 Å². The molecule has 1 amide bonds. The molecule has 0 saturated heterocycles. The molecule has 3 aromatic carbocycles. The minimum atomic E-state index is -4.58. The van der Waals surface area contributed by atoms with Crippen LogP contribution in [-0.4, -0.2) is 17.2 Å². The van der Waals surface area contributed by atoms with Crippen LogP contribution >= 0.6 is 0 Å². The van der Waals surface area contributed by atoms with E-state index in [0.29, 0.717) is 11.1 Å². The fourth-order valence-corrected chi connectivity index (χ4v) is 4.57. The fraction of sp³-hybridized carbons (Fsp3) is 0.214. The van der Waals surface area contributed by atoms with Gasteiger partial charge in [-0.25, -0.2) is 4.39 Å². The van der Waals surface area contributed by atoms with Gasteiger partial charge in [0.1, 0.15) is 12.0 Å². The molecular formula is C28H23F4N3O2. The summed E-state index contributed by atoms with van der Waals surface area (Å²) in [6.07, 6.45) is -5.81. The Morgan fingerprint density at radius 3 is 2.46 bits per heavy atom. The maximum atomic E-state index is 14.1. The Bertz CT molecular complexity index is 1380. The number of rotatable bonds is 5. The summed E-state index contributed by atoms with van der Waals surface area (Å²) in [5, 5.41) is 22.9. The van der Waals surface area contributed by atoms with Crippen LogP contribution in [0.1, 0.15) is 41.5 Å². The van der Waals surface area contributed by atoms with E-state index in [-0.39, 0.29) is 35.5 Å². The number of benzene rings is 3.